The van der Waals surface area contributed by atoms with Crippen molar-refractivity contribution in [1.29, 1.82) is 5.26 Å². The van der Waals surface area contributed by atoms with Crippen molar-refractivity contribution in [3.05, 3.63) is 88.3 Å². The first-order chi connectivity index (χ1) is 19.0. The lowest BCUT2D eigenvalue weighted by Gasteiger charge is -2.39. The van der Waals surface area contributed by atoms with Crippen molar-refractivity contribution < 1.29 is 4.79 Å². The standard InChI is InChI=1S/C30H31N7OS/c1-35-11-13-37(14-12-35)25-9-10-26-28(16-25)39-30(33-26)34-29(38)24-4-2-3-22(15-24)18-36-19-27(32-20-36)23-7-5-21(17-31)6-8-23/h2-8,15,19-20,25H,9-14,16,18H2,1H3,(H,33,34,38). The third-order valence-corrected chi connectivity index (χ3v) is 8.72. The van der Waals surface area contributed by atoms with E-state index >= 15 is 0 Å². The monoisotopic (exact) mass is 537 g/mol. The van der Waals surface area contributed by atoms with Crippen LogP contribution in [0.25, 0.3) is 11.3 Å². The van der Waals surface area contributed by atoms with Gasteiger partial charge in [0.1, 0.15) is 0 Å². The van der Waals surface area contributed by atoms with Gasteiger partial charge in [-0.15, -0.1) is 11.3 Å². The average Bonchev–Trinajstić information content (AvgIpc) is 3.60. The number of aryl methyl sites for hydroxylation is 1. The quantitative estimate of drug-likeness (QED) is 0.395. The Bertz CT molecular complexity index is 1510. The Labute approximate surface area is 232 Å². The van der Waals surface area contributed by atoms with E-state index in [9.17, 15) is 4.79 Å². The lowest BCUT2D eigenvalue weighted by Crippen LogP contribution is -2.50. The molecule has 198 valence electrons. The smallest absolute Gasteiger partial charge is 0.257 e. The van der Waals surface area contributed by atoms with E-state index in [2.05, 4.69) is 33.2 Å². The Kier molecular flexibility index (Phi) is 7.24. The molecule has 1 aliphatic heterocycles. The summed E-state index contributed by atoms with van der Waals surface area (Å²) in [5.74, 6) is -0.137. The zero-order valence-corrected chi connectivity index (χ0v) is 22.8. The van der Waals surface area contributed by atoms with Crippen LogP contribution in [0.1, 0.15) is 38.5 Å². The Morgan fingerprint density at radius 1 is 1.15 bits per heavy atom. The molecule has 1 N–H and O–H groups in total. The van der Waals surface area contributed by atoms with Gasteiger partial charge >= 0.3 is 0 Å². The number of nitrogens with zero attached hydrogens (tertiary/aromatic N) is 6. The van der Waals surface area contributed by atoms with Gasteiger partial charge in [0.15, 0.2) is 5.13 Å². The predicted octanol–water partition coefficient (Wildman–Crippen LogP) is 4.28. The minimum atomic E-state index is -0.137. The molecule has 39 heavy (non-hydrogen) atoms. The molecule has 6 rings (SSSR count). The van der Waals surface area contributed by atoms with Crippen molar-refractivity contribution in [1.82, 2.24) is 24.3 Å². The Morgan fingerprint density at radius 3 is 2.77 bits per heavy atom. The maximum absolute atomic E-state index is 13.1. The van der Waals surface area contributed by atoms with Crippen molar-refractivity contribution in [3.8, 4) is 17.3 Å². The number of anilines is 1. The molecule has 2 aromatic heterocycles. The number of piperazine rings is 1. The number of hydrogen-bond acceptors (Lipinski definition) is 7. The van der Waals surface area contributed by atoms with E-state index in [4.69, 9.17) is 10.2 Å². The van der Waals surface area contributed by atoms with Gasteiger partial charge in [-0.25, -0.2) is 9.97 Å². The average molecular weight is 538 g/mol. The van der Waals surface area contributed by atoms with Gasteiger partial charge in [-0.05, 0) is 56.1 Å². The maximum atomic E-state index is 13.1. The number of aromatic nitrogens is 3. The summed E-state index contributed by atoms with van der Waals surface area (Å²) < 4.78 is 2.00. The fourth-order valence-electron chi connectivity index (χ4n) is 5.41. The number of fused-ring (bicyclic) bond motifs is 1. The predicted molar refractivity (Wildman–Crippen MR) is 153 cm³/mol. The van der Waals surface area contributed by atoms with E-state index in [1.54, 1.807) is 29.8 Å². The summed E-state index contributed by atoms with van der Waals surface area (Å²) >= 11 is 1.63. The highest BCUT2D eigenvalue weighted by Gasteiger charge is 2.29. The summed E-state index contributed by atoms with van der Waals surface area (Å²) in [5.41, 5.74) is 5.20. The number of rotatable bonds is 6. The maximum Gasteiger partial charge on any atom is 0.257 e. The van der Waals surface area contributed by atoms with E-state index in [0.717, 1.165) is 68.0 Å². The molecular formula is C30H31N7OS. The molecule has 1 aliphatic carbocycles. The number of likely N-dealkylation sites (N-methyl/N-ethyl adjacent to an activating group) is 1. The molecule has 0 bridgehead atoms. The van der Waals surface area contributed by atoms with E-state index in [0.29, 0.717) is 28.8 Å². The van der Waals surface area contributed by atoms with Crippen LogP contribution in [0, 0.1) is 11.3 Å². The van der Waals surface area contributed by atoms with Crippen LogP contribution < -0.4 is 5.32 Å². The zero-order valence-electron chi connectivity index (χ0n) is 22.0. The van der Waals surface area contributed by atoms with Crippen LogP contribution in [0.15, 0.2) is 61.1 Å². The zero-order chi connectivity index (χ0) is 26.8. The molecule has 1 fully saturated rings. The molecule has 2 aliphatic rings. The molecule has 8 nitrogen and oxygen atoms in total. The number of thiazole rings is 1. The van der Waals surface area contributed by atoms with Crippen LogP contribution in [0.3, 0.4) is 0 Å². The SMILES string of the molecule is CN1CCN(C2CCc3nc(NC(=O)c4cccc(Cn5cnc(-c6ccc(C#N)cc6)c5)c4)sc3C2)CC1. The van der Waals surface area contributed by atoms with Gasteiger partial charge in [0.05, 0.1) is 29.3 Å². The summed E-state index contributed by atoms with van der Waals surface area (Å²) in [6, 6.07) is 17.8. The third-order valence-electron chi connectivity index (χ3n) is 7.69. The second kappa shape index (κ2) is 11.1. The first-order valence-corrected chi connectivity index (χ1v) is 14.2. The molecule has 0 radical (unpaired) electrons. The topological polar surface area (TPSA) is 90.1 Å². The van der Waals surface area contributed by atoms with Crippen LogP contribution >= 0.6 is 11.3 Å². The van der Waals surface area contributed by atoms with Crippen LogP contribution in [-0.2, 0) is 19.4 Å². The van der Waals surface area contributed by atoms with Gasteiger partial charge in [0.25, 0.3) is 5.91 Å². The van der Waals surface area contributed by atoms with E-state index < -0.39 is 0 Å². The van der Waals surface area contributed by atoms with Crippen molar-refractivity contribution in [2.24, 2.45) is 0 Å². The fraction of sp³-hybridized carbons (Fsp3) is 0.333. The number of nitrogens with one attached hydrogen (secondary N) is 1. The number of carbonyl (C=O) groups excluding carboxylic acids is 1. The minimum absolute atomic E-state index is 0.137. The summed E-state index contributed by atoms with van der Waals surface area (Å²) in [6.07, 6.45) is 6.90. The number of imidazole rings is 1. The molecule has 1 unspecified atom stereocenters. The van der Waals surface area contributed by atoms with Gasteiger partial charge in [-0.2, -0.15) is 5.26 Å². The molecular weight excluding hydrogens is 506 g/mol. The Hall–Kier alpha value is -3.84. The first-order valence-electron chi connectivity index (χ1n) is 13.4. The highest BCUT2D eigenvalue weighted by Crippen LogP contribution is 2.32. The van der Waals surface area contributed by atoms with Crippen molar-refractivity contribution >= 4 is 22.4 Å². The fourth-order valence-corrected chi connectivity index (χ4v) is 6.49. The number of hydrogen-bond donors (Lipinski definition) is 1. The molecule has 0 saturated carbocycles. The van der Waals surface area contributed by atoms with Gasteiger partial charge in [-0.3, -0.25) is 15.0 Å². The Morgan fingerprint density at radius 2 is 1.97 bits per heavy atom. The molecule has 9 heteroatoms. The van der Waals surface area contributed by atoms with Crippen LogP contribution in [0.2, 0.25) is 0 Å². The molecule has 1 atom stereocenters. The summed E-state index contributed by atoms with van der Waals surface area (Å²) in [6.45, 7) is 5.12. The molecule has 3 heterocycles. The van der Waals surface area contributed by atoms with Crippen molar-refractivity contribution in [3.63, 3.8) is 0 Å². The first kappa shape index (κ1) is 25.4. The second-order valence-electron chi connectivity index (χ2n) is 10.4. The lowest BCUT2D eigenvalue weighted by molar-refractivity contribution is 0.102. The minimum Gasteiger partial charge on any atom is -0.332 e. The summed E-state index contributed by atoms with van der Waals surface area (Å²) in [4.78, 5) is 28.7. The van der Waals surface area contributed by atoms with Crippen molar-refractivity contribution in [2.75, 3.05) is 38.5 Å². The summed E-state index contributed by atoms with van der Waals surface area (Å²) in [7, 11) is 2.19. The van der Waals surface area contributed by atoms with Crippen LogP contribution in [0.5, 0.6) is 0 Å². The largest absolute Gasteiger partial charge is 0.332 e. The van der Waals surface area contributed by atoms with E-state index in [-0.39, 0.29) is 5.91 Å². The van der Waals surface area contributed by atoms with Gasteiger partial charge in [0, 0.05) is 61.0 Å². The molecule has 0 spiro atoms. The van der Waals surface area contributed by atoms with Crippen molar-refractivity contribution in [2.45, 2.75) is 31.8 Å². The highest BCUT2D eigenvalue weighted by atomic mass is 32.1. The number of nitriles is 1. The Balaban J connectivity index is 1.09. The lowest BCUT2D eigenvalue weighted by atomic mass is 9.96. The van der Waals surface area contributed by atoms with Crippen LogP contribution in [0.4, 0.5) is 5.13 Å². The van der Waals surface area contributed by atoms with Gasteiger partial charge in [-0.1, -0.05) is 24.3 Å². The summed E-state index contributed by atoms with van der Waals surface area (Å²) in [5, 5.41) is 12.7. The molecule has 1 amide bonds. The van der Waals surface area contributed by atoms with Crippen LogP contribution in [-0.4, -0.2) is 69.5 Å². The van der Waals surface area contributed by atoms with E-state index in [1.807, 2.05) is 47.2 Å². The second-order valence-corrected chi connectivity index (χ2v) is 11.5. The highest BCUT2D eigenvalue weighted by molar-refractivity contribution is 7.15. The number of carbonyl (C=O) groups is 1. The van der Waals surface area contributed by atoms with Gasteiger partial charge < -0.3 is 9.47 Å². The van der Waals surface area contributed by atoms with E-state index in [1.165, 1.54) is 4.88 Å². The normalized spacial score (nSPS) is 17.9. The third kappa shape index (κ3) is 5.78. The molecule has 2 aromatic carbocycles. The number of benzene rings is 2. The molecule has 4 aromatic rings. The number of amides is 1. The molecule has 1 saturated heterocycles. The van der Waals surface area contributed by atoms with Gasteiger partial charge in [0.2, 0.25) is 0 Å².